The molecule has 0 bridgehead atoms. The molecule has 1 aliphatic carbocycles. The number of hydrogen-bond acceptors (Lipinski definition) is 7. The molecule has 8 nitrogen and oxygen atoms in total. The minimum absolute atomic E-state index is 0.319. The molecule has 1 N–H and O–H groups in total. The quantitative estimate of drug-likeness (QED) is 0.202. The number of benzene rings is 2. The van der Waals surface area contributed by atoms with E-state index in [1.54, 1.807) is 5.57 Å². The second kappa shape index (κ2) is 13.2. The molecule has 1 fully saturated rings. The molecule has 2 aromatic heterocycles. The van der Waals surface area contributed by atoms with E-state index in [0.29, 0.717) is 30.0 Å². The van der Waals surface area contributed by atoms with Gasteiger partial charge >= 0.3 is 5.97 Å². The van der Waals surface area contributed by atoms with Crippen LogP contribution in [0.25, 0.3) is 16.6 Å². The Balaban J connectivity index is 1.08. The second-order valence-electron chi connectivity index (χ2n) is 13.8. The molecule has 7 rings (SSSR count). The number of hydrogen-bond donors (Lipinski definition) is 1. The third-order valence-electron chi connectivity index (χ3n) is 10.1. The van der Waals surface area contributed by atoms with E-state index in [4.69, 9.17) is 26.1 Å². The molecular weight excluding hydrogens is 610 g/mol. The van der Waals surface area contributed by atoms with Crippen molar-refractivity contribution in [2.75, 3.05) is 62.8 Å². The van der Waals surface area contributed by atoms with E-state index >= 15 is 0 Å². The van der Waals surface area contributed by atoms with Gasteiger partial charge in [-0.3, -0.25) is 4.90 Å². The molecule has 0 radical (unpaired) electrons. The summed E-state index contributed by atoms with van der Waals surface area (Å²) in [6.07, 6.45) is 7.30. The number of esters is 1. The van der Waals surface area contributed by atoms with Crippen molar-refractivity contribution < 1.29 is 14.3 Å². The summed E-state index contributed by atoms with van der Waals surface area (Å²) in [4.78, 5) is 28.1. The van der Waals surface area contributed by atoms with Gasteiger partial charge in [0.15, 0.2) is 0 Å². The number of halogens is 1. The van der Waals surface area contributed by atoms with Gasteiger partial charge in [0.2, 0.25) is 5.88 Å². The van der Waals surface area contributed by atoms with Crippen molar-refractivity contribution in [1.82, 2.24) is 14.9 Å². The van der Waals surface area contributed by atoms with Crippen molar-refractivity contribution >= 4 is 51.2 Å². The standard InChI is InChI=1S/C38H44ClN5O3/c1-38(2)14-11-27(32(25-38)26-5-7-29(39)8-6-26)13-17-42-18-20-43(21-19-42)30-9-10-31(37(45)46-3)33(24-30)44-16-4-22-47-36-34(44)23-28-12-15-40-35(28)41-36/h5-10,12,15,23-24H,4,11,13-14,16-22,25H2,1-3H3,(H,40,41). The number of nitrogens with zero attached hydrogens (tertiary/aromatic N) is 4. The van der Waals surface area contributed by atoms with Crippen LogP contribution >= 0.6 is 11.6 Å². The van der Waals surface area contributed by atoms with E-state index in [2.05, 4.69) is 63.9 Å². The first kappa shape index (κ1) is 31.6. The maximum Gasteiger partial charge on any atom is 0.339 e. The Kier molecular flexibility index (Phi) is 8.90. The van der Waals surface area contributed by atoms with Gasteiger partial charge in [0.25, 0.3) is 0 Å². The smallest absolute Gasteiger partial charge is 0.339 e. The molecule has 2 aliphatic heterocycles. The van der Waals surface area contributed by atoms with Gasteiger partial charge in [0.1, 0.15) is 11.3 Å². The number of rotatable bonds is 7. The van der Waals surface area contributed by atoms with Gasteiger partial charge in [0, 0.05) is 61.6 Å². The van der Waals surface area contributed by atoms with Crippen molar-refractivity contribution in [3.05, 3.63) is 82.5 Å². The molecule has 0 saturated carbocycles. The Morgan fingerprint density at radius 1 is 1.02 bits per heavy atom. The summed E-state index contributed by atoms with van der Waals surface area (Å²) in [5.74, 6) is 0.222. The number of piperazine rings is 1. The lowest BCUT2D eigenvalue weighted by Gasteiger charge is -2.38. The van der Waals surface area contributed by atoms with Gasteiger partial charge < -0.3 is 24.3 Å². The van der Waals surface area contributed by atoms with Crippen LogP contribution in [0.5, 0.6) is 5.88 Å². The topological polar surface area (TPSA) is 73.9 Å². The number of aromatic nitrogens is 2. The highest BCUT2D eigenvalue weighted by molar-refractivity contribution is 6.30. The molecule has 9 heteroatoms. The summed E-state index contributed by atoms with van der Waals surface area (Å²) in [6, 6.07) is 18.6. The molecule has 2 aromatic carbocycles. The molecule has 4 aromatic rings. The van der Waals surface area contributed by atoms with Crippen molar-refractivity contribution in [2.24, 2.45) is 5.41 Å². The zero-order valence-electron chi connectivity index (χ0n) is 27.7. The number of allylic oxidation sites excluding steroid dienone is 1. The Hall–Kier alpha value is -4.01. The average molecular weight is 654 g/mol. The number of H-pyrrole nitrogens is 1. The van der Waals surface area contributed by atoms with E-state index in [1.807, 2.05) is 30.5 Å². The van der Waals surface area contributed by atoms with Crippen LogP contribution in [-0.2, 0) is 4.74 Å². The summed E-state index contributed by atoms with van der Waals surface area (Å²) in [5.41, 5.74) is 8.87. The van der Waals surface area contributed by atoms with E-state index in [0.717, 1.165) is 91.5 Å². The minimum Gasteiger partial charge on any atom is -0.476 e. The number of nitrogens with one attached hydrogen (secondary N) is 1. The summed E-state index contributed by atoms with van der Waals surface area (Å²) in [6.45, 7) is 11.0. The third-order valence-corrected chi connectivity index (χ3v) is 10.3. The molecule has 0 spiro atoms. The molecule has 4 heterocycles. The lowest BCUT2D eigenvalue weighted by atomic mass is 9.72. The highest BCUT2D eigenvalue weighted by Gasteiger charge is 2.29. The number of carbonyl (C=O) groups is 1. The Labute approximate surface area is 282 Å². The molecule has 0 amide bonds. The highest BCUT2D eigenvalue weighted by atomic mass is 35.5. The van der Waals surface area contributed by atoms with Gasteiger partial charge in [-0.25, -0.2) is 4.79 Å². The van der Waals surface area contributed by atoms with Gasteiger partial charge in [-0.2, -0.15) is 4.98 Å². The van der Waals surface area contributed by atoms with E-state index in [1.165, 1.54) is 24.7 Å². The Bertz CT molecular complexity index is 1790. The van der Waals surface area contributed by atoms with Crippen LogP contribution in [0, 0.1) is 5.41 Å². The highest BCUT2D eigenvalue weighted by Crippen LogP contribution is 2.44. The first-order valence-electron chi connectivity index (χ1n) is 16.8. The number of methoxy groups -OCH3 is 1. The predicted molar refractivity (Wildman–Crippen MR) is 190 cm³/mol. The normalized spacial score (nSPS) is 18.6. The fourth-order valence-corrected chi connectivity index (χ4v) is 7.45. The molecular formula is C38H44ClN5O3. The maximum absolute atomic E-state index is 13.0. The van der Waals surface area contributed by atoms with E-state index in [-0.39, 0.29) is 5.97 Å². The maximum atomic E-state index is 13.0. The molecule has 47 heavy (non-hydrogen) atoms. The first-order valence-corrected chi connectivity index (χ1v) is 17.2. The van der Waals surface area contributed by atoms with Crippen LogP contribution in [0.2, 0.25) is 5.02 Å². The third kappa shape index (κ3) is 6.72. The van der Waals surface area contributed by atoms with Gasteiger partial charge in [-0.05, 0) is 91.1 Å². The van der Waals surface area contributed by atoms with Gasteiger partial charge in [0.05, 0.1) is 25.0 Å². The van der Waals surface area contributed by atoms with E-state index in [9.17, 15) is 4.79 Å². The zero-order valence-corrected chi connectivity index (χ0v) is 28.4. The number of anilines is 3. The fourth-order valence-electron chi connectivity index (χ4n) is 7.33. The SMILES string of the molecule is COC(=O)c1ccc(N2CCN(CCC3=C(c4ccc(Cl)cc4)CC(C)(C)CC3)CC2)cc1N1CCCOc2nc3[nH]ccc3cc21. The molecule has 246 valence electrons. The average Bonchev–Trinajstić information content (AvgIpc) is 3.44. The summed E-state index contributed by atoms with van der Waals surface area (Å²) in [5, 5.41) is 1.79. The van der Waals surface area contributed by atoms with Gasteiger partial charge in [-0.15, -0.1) is 0 Å². The first-order chi connectivity index (χ1) is 22.8. The van der Waals surface area contributed by atoms with Crippen LogP contribution in [0.15, 0.2) is 66.4 Å². The van der Waals surface area contributed by atoms with Gasteiger partial charge in [-0.1, -0.05) is 43.2 Å². The lowest BCUT2D eigenvalue weighted by molar-refractivity contribution is 0.0601. The van der Waals surface area contributed by atoms with Crippen molar-refractivity contribution in [3.8, 4) is 5.88 Å². The molecule has 3 aliphatic rings. The van der Waals surface area contributed by atoms with Crippen molar-refractivity contribution in [2.45, 2.75) is 46.0 Å². The molecule has 0 unspecified atom stereocenters. The number of carbonyl (C=O) groups excluding carboxylic acids is 1. The van der Waals surface area contributed by atoms with E-state index < -0.39 is 0 Å². The molecule has 1 saturated heterocycles. The number of aromatic amines is 1. The van der Waals surface area contributed by atoms with Crippen LogP contribution in [0.3, 0.4) is 0 Å². The summed E-state index contributed by atoms with van der Waals surface area (Å²) in [7, 11) is 1.44. The summed E-state index contributed by atoms with van der Waals surface area (Å²) < 4.78 is 11.3. The predicted octanol–water partition coefficient (Wildman–Crippen LogP) is 8.10. The van der Waals surface area contributed by atoms with Crippen LogP contribution in [0.1, 0.15) is 61.9 Å². The second-order valence-corrected chi connectivity index (χ2v) is 14.2. The monoisotopic (exact) mass is 653 g/mol. The van der Waals surface area contributed by atoms with Crippen LogP contribution in [0.4, 0.5) is 17.1 Å². The van der Waals surface area contributed by atoms with Crippen LogP contribution in [-0.4, -0.2) is 73.8 Å². The van der Waals surface area contributed by atoms with Crippen molar-refractivity contribution in [1.29, 1.82) is 0 Å². The van der Waals surface area contributed by atoms with Crippen LogP contribution < -0.4 is 14.5 Å². The fraction of sp³-hybridized carbons (Fsp3) is 0.421. The number of pyridine rings is 1. The Morgan fingerprint density at radius 2 is 1.83 bits per heavy atom. The largest absolute Gasteiger partial charge is 0.476 e. The lowest BCUT2D eigenvalue weighted by Crippen LogP contribution is -2.46. The minimum atomic E-state index is -0.350. The molecule has 0 atom stereocenters. The number of ether oxygens (including phenoxy) is 2. The van der Waals surface area contributed by atoms with Crippen molar-refractivity contribution in [3.63, 3.8) is 0 Å². The zero-order chi connectivity index (χ0) is 32.5. The summed E-state index contributed by atoms with van der Waals surface area (Å²) >= 11 is 6.22. The Morgan fingerprint density at radius 3 is 2.62 bits per heavy atom. The number of fused-ring (bicyclic) bond motifs is 2.